The molecule has 0 aromatic carbocycles. The lowest BCUT2D eigenvalue weighted by molar-refractivity contribution is 0.209. The van der Waals surface area contributed by atoms with Crippen LogP contribution >= 0.6 is 11.8 Å². The molecule has 4 rings (SSSR count). The predicted octanol–water partition coefficient (Wildman–Crippen LogP) is 3.69. The summed E-state index contributed by atoms with van der Waals surface area (Å²) in [6, 6.07) is 0.900. The standard InChI is InChI=1S/C16H27NS/c1-2-7-18-12(4-1)10-17-16-9-11-8-15(16)14-6-3-5-13(11)14/h11-17H,1-10H2. The van der Waals surface area contributed by atoms with Crippen LogP contribution in [0.2, 0.25) is 0 Å². The second-order valence-electron chi connectivity index (χ2n) is 7.16. The summed E-state index contributed by atoms with van der Waals surface area (Å²) in [5, 5.41) is 4.90. The minimum Gasteiger partial charge on any atom is -0.313 e. The van der Waals surface area contributed by atoms with Crippen LogP contribution < -0.4 is 5.32 Å². The Morgan fingerprint density at radius 1 is 0.889 bits per heavy atom. The van der Waals surface area contributed by atoms with Gasteiger partial charge >= 0.3 is 0 Å². The molecule has 6 unspecified atom stereocenters. The summed E-state index contributed by atoms with van der Waals surface area (Å²) in [6.07, 6.45) is 12.1. The number of nitrogens with one attached hydrogen (secondary N) is 1. The first-order chi connectivity index (χ1) is 8.92. The van der Waals surface area contributed by atoms with Crippen LogP contribution in [-0.2, 0) is 0 Å². The van der Waals surface area contributed by atoms with Crippen molar-refractivity contribution in [3.8, 4) is 0 Å². The summed E-state index contributed by atoms with van der Waals surface area (Å²) in [5.74, 6) is 5.86. The van der Waals surface area contributed by atoms with Gasteiger partial charge in [0.05, 0.1) is 0 Å². The summed E-state index contributed by atoms with van der Waals surface area (Å²) < 4.78 is 0. The van der Waals surface area contributed by atoms with Crippen LogP contribution in [0.1, 0.15) is 51.4 Å². The molecule has 1 aliphatic heterocycles. The number of hydrogen-bond donors (Lipinski definition) is 1. The van der Waals surface area contributed by atoms with Crippen molar-refractivity contribution in [2.24, 2.45) is 23.7 Å². The van der Waals surface area contributed by atoms with E-state index in [1.54, 1.807) is 19.3 Å². The first-order valence-electron chi connectivity index (χ1n) is 8.27. The van der Waals surface area contributed by atoms with Gasteiger partial charge in [-0.2, -0.15) is 11.8 Å². The van der Waals surface area contributed by atoms with Gasteiger partial charge in [0.25, 0.3) is 0 Å². The Labute approximate surface area is 116 Å². The van der Waals surface area contributed by atoms with Gasteiger partial charge in [0.2, 0.25) is 0 Å². The molecule has 1 nitrogen and oxygen atoms in total. The van der Waals surface area contributed by atoms with Crippen LogP contribution in [0.15, 0.2) is 0 Å². The molecule has 4 aliphatic rings. The van der Waals surface area contributed by atoms with Crippen LogP contribution in [0, 0.1) is 23.7 Å². The van der Waals surface area contributed by atoms with E-state index in [-0.39, 0.29) is 0 Å². The Kier molecular flexibility index (Phi) is 3.36. The minimum absolute atomic E-state index is 0.900. The normalized spacial score (nSPS) is 50.7. The molecule has 1 saturated heterocycles. The molecular formula is C16H27NS. The molecule has 1 heterocycles. The van der Waals surface area contributed by atoms with Crippen molar-refractivity contribution >= 4 is 11.8 Å². The van der Waals surface area contributed by atoms with Crippen LogP contribution in [0.4, 0.5) is 0 Å². The van der Waals surface area contributed by atoms with E-state index in [1.807, 2.05) is 0 Å². The average Bonchev–Trinajstić information content (AvgIpc) is 3.09. The summed E-state index contributed by atoms with van der Waals surface area (Å²) in [5.41, 5.74) is 0. The molecule has 6 atom stereocenters. The van der Waals surface area contributed by atoms with Crippen molar-refractivity contribution in [2.45, 2.75) is 62.7 Å². The minimum atomic E-state index is 0.900. The molecule has 2 heteroatoms. The van der Waals surface area contributed by atoms with Gasteiger partial charge in [-0.05, 0) is 67.9 Å². The highest BCUT2D eigenvalue weighted by Gasteiger charge is 2.53. The fraction of sp³-hybridized carbons (Fsp3) is 1.00. The van der Waals surface area contributed by atoms with Crippen LogP contribution in [0.25, 0.3) is 0 Å². The molecule has 0 aromatic rings. The number of rotatable bonds is 3. The van der Waals surface area contributed by atoms with Crippen molar-refractivity contribution in [3.05, 3.63) is 0 Å². The highest BCUT2D eigenvalue weighted by Crippen LogP contribution is 2.58. The van der Waals surface area contributed by atoms with Crippen molar-refractivity contribution in [3.63, 3.8) is 0 Å². The van der Waals surface area contributed by atoms with Gasteiger partial charge in [-0.1, -0.05) is 12.8 Å². The molecule has 3 aliphatic carbocycles. The molecule has 102 valence electrons. The fourth-order valence-corrected chi connectivity index (χ4v) is 6.81. The van der Waals surface area contributed by atoms with Gasteiger partial charge in [-0.15, -0.1) is 0 Å². The van der Waals surface area contributed by atoms with Gasteiger partial charge in [-0.3, -0.25) is 0 Å². The summed E-state index contributed by atoms with van der Waals surface area (Å²) in [6.45, 7) is 1.30. The Morgan fingerprint density at radius 2 is 1.83 bits per heavy atom. The topological polar surface area (TPSA) is 12.0 Å². The first-order valence-corrected chi connectivity index (χ1v) is 9.31. The maximum atomic E-state index is 3.97. The number of thioether (sulfide) groups is 1. The molecule has 0 aromatic heterocycles. The second-order valence-corrected chi connectivity index (χ2v) is 8.57. The molecule has 18 heavy (non-hydrogen) atoms. The van der Waals surface area contributed by atoms with Gasteiger partial charge in [0.15, 0.2) is 0 Å². The van der Waals surface area contributed by atoms with Crippen LogP contribution in [0.3, 0.4) is 0 Å². The fourth-order valence-electron chi connectivity index (χ4n) is 5.55. The summed E-state index contributed by atoms with van der Waals surface area (Å²) in [7, 11) is 0. The smallest absolute Gasteiger partial charge is 0.0172 e. The Morgan fingerprint density at radius 3 is 2.72 bits per heavy atom. The van der Waals surface area contributed by atoms with E-state index in [9.17, 15) is 0 Å². The van der Waals surface area contributed by atoms with Crippen molar-refractivity contribution in [1.82, 2.24) is 5.32 Å². The summed E-state index contributed by atoms with van der Waals surface area (Å²) >= 11 is 2.22. The maximum Gasteiger partial charge on any atom is 0.0172 e. The SMILES string of the molecule is C1CCC(CNC2CC3CC2C2CCCC32)SC1. The monoisotopic (exact) mass is 265 g/mol. The third-order valence-corrected chi connectivity index (χ3v) is 7.71. The van der Waals surface area contributed by atoms with E-state index < -0.39 is 0 Å². The van der Waals surface area contributed by atoms with Crippen molar-refractivity contribution < 1.29 is 0 Å². The van der Waals surface area contributed by atoms with Gasteiger partial charge in [-0.25, -0.2) is 0 Å². The van der Waals surface area contributed by atoms with Gasteiger partial charge in [0.1, 0.15) is 0 Å². The highest BCUT2D eigenvalue weighted by molar-refractivity contribution is 7.99. The Hall–Kier alpha value is 0.310. The third kappa shape index (κ3) is 2.04. The molecule has 3 saturated carbocycles. The first kappa shape index (κ1) is 12.1. The quantitative estimate of drug-likeness (QED) is 0.835. The molecule has 0 spiro atoms. The highest BCUT2D eigenvalue weighted by atomic mass is 32.2. The number of hydrogen-bond acceptors (Lipinski definition) is 2. The maximum absolute atomic E-state index is 3.97. The zero-order valence-electron chi connectivity index (χ0n) is 11.4. The van der Waals surface area contributed by atoms with E-state index in [0.717, 1.165) is 35.0 Å². The lowest BCUT2D eigenvalue weighted by Crippen LogP contribution is -2.42. The molecule has 4 fully saturated rings. The zero-order valence-corrected chi connectivity index (χ0v) is 12.3. The summed E-state index contributed by atoms with van der Waals surface area (Å²) in [4.78, 5) is 0. The van der Waals surface area contributed by atoms with Gasteiger partial charge in [0, 0.05) is 17.8 Å². The lowest BCUT2D eigenvalue weighted by atomic mass is 9.79. The van der Waals surface area contributed by atoms with E-state index in [0.29, 0.717) is 0 Å². The average molecular weight is 265 g/mol. The zero-order chi connectivity index (χ0) is 11.9. The Balaban J connectivity index is 1.31. The van der Waals surface area contributed by atoms with Gasteiger partial charge < -0.3 is 5.32 Å². The molecule has 0 radical (unpaired) electrons. The lowest BCUT2D eigenvalue weighted by Gasteiger charge is -2.33. The second kappa shape index (κ2) is 5.01. The van der Waals surface area contributed by atoms with Crippen LogP contribution in [-0.4, -0.2) is 23.6 Å². The number of fused-ring (bicyclic) bond motifs is 5. The van der Waals surface area contributed by atoms with E-state index >= 15 is 0 Å². The molecule has 0 amide bonds. The Bertz CT molecular complexity index is 299. The molecule has 2 bridgehead atoms. The van der Waals surface area contributed by atoms with Crippen LogP contribution in [0.5, 0.6) is 0 Å². The molecule has 1 N–H and O–H groups in total. The largest absolute Gasteiger partial charge is 0.313 e. The van der Waals surface area contributed by atoms with Crippen molar-refractivity contribution in [2.75, 3.05) is 12.3 Å². The van der Waals surface area contributed by atoms with Crippen molar-refractivity contribution in [1.29, 1.82) is 0 Å². The molecular weight excluding hydrogens is 238 g/mol. The van der Waals surface area contributed by atoms with E-state index in [2.05, 4.69) is 17.1 Å². The third-order valence-electron chi connectivity index (χ3n) is 6.31. The van der Waals surface area contributed by atoms with E-state index in [1.165, 1.54) is 44.4 Å². The van der Waals surface area contributed by atoms with E-state index in [4.69, 9.17) is 0 Å². The predicted molar refractivity (Wildman–Crippen MR) is 78.9 cm³/mol.